The Hall–Kier alpha value is -1.29. The number of thioether (sulfide) groups is 1. The van der Waals surface area contributed by atoms with Gasteiger partial charge in [0.1, 0.15) is 5.75 Å². The summed E-state index contributed by atoms with van der Waals surface area (Å²) in [6.45, 7) is 0.727. The summed E-state index contributed by atoms with van der Waals surface area (Å²) in [5.74, 6) is 1.79. The molecule has 0 aliphatic carbocycles. The van der Waals surface area contributed by atoms with Crippen molar-refractivity contribution in [2.75, 3.05) is 13.7 Å². The standard InChI is InChI=1S/C11H12N2OS/c1-14-10-4-2-9(3-5-10)8-15-11-12-6-7-13-11/h2-6H,7-8H2,1H3. The van der Waals surface area contributed by atoms with Gasteiger partial charge in [-0.1, -0.05) is 23.9 Å². The molecule has 1 aliphatic heterocycles. The molecule has 0 fully saturated rings. The van der Waals surface area contributed by atoms with E-state index in [1.165, 1.54) is 5.56 Å². The Morgan fingerprint density at radius 3 is 2.73 bits per heavy atom. The van der Waals surface area contributed by atoms with Crippen LogP contribution < -0.4 is 4.74 Å². The summed E-state index contributed by atoms with van der Waals surface area (Å²) in [6, 6.07) is 8.06. The van der Waals surface area contributed by atoms with Crippen molar-refractivity contribution < 1.29 is 4.74 Å². The molecule has 15 heavy (non-hydrogen) atoms. The number of nitrogens with zero attached hydrogens (tertiary/aromatic N) is 2. The molecule has 0 saturated carbocycles. The summed E-state index contributed by atoms with van der Waals surface area (Å²) in [5.41, 5.74) is 1.26. The lowest BCUT2D eigenvalue weighted by Gasteiger charge is -2.02. The Labute approximate surface area is 93.3 Å². The molecule has 3 nitrogen and oxygen atoms in total. The van der Waals surface area contributed by atoms with E-state index in [0.29, 0.717) is 0 Å². The van der Waals surface area contributed by atoms with Crippen molar-refractivity contribution in [2.45, 2.75) is 5.75 Å². The van der Waals surface area contributed by atoms with Gasteiger partial charge in [-0.05, 0) is 17.7 Å². The number of benzene rings is 1. The van der Waals surface area contributed by atoms with Gasteiger partial charge in [-0.2, -0.15) is 0 Å². The number of ether oxygens (including phenoxy) is 1. The minimum Gasteiger partial charge on any atom is -0.497 e. The van der Waals surface area contributed by atoms with E-state index in [1.807, 2.05) is 18.3 Å². The van der Waals surface area contributed by atoms with Crippen molar-refractivity contribution in [2.24, 2.45) is 9.98 Å². The SMILES string of the molecule is COc1ccc(CSC2=NCC=N2)cc1. The molecule has 1 aromatic rings. The van der Waals surface area contributed by atoms with Crippen molar-refractivity contribution >= 4 is 23.1 Å². The van der Waals surface area contributed by atoms with Crippen LogP contribution in [0.1, 0.15) is 5.56 Å². The molecule has 1 aliphatic rings. The van der Waals surface area contributed by atoms with Crippen LogP contribution in [0.4, 0.5) is 0 Å². The van der Waals surface area contributed by atoms with Crippen molar-refractivity contribution in [3.63, 3.8) is 0 Å². The Bertz CT molecular complexity index is 384. The largest absolute Gasteiger partial charge is 0.497 e. The molecule has 0 N–H and O–H groups in total. The van der Waals surface area contributed by atoms with Gasteiger partial charge >= 0.3 is 0 Å². The molecule has 1 heterocycles. The summed E-state index contributed by atoms with van der Waals surface area (Å²) in [6.07, 6.45) is 1.83. The molecule has 0 saturated heterocycles. The van der Waals surface area contributed by atoms with Crippen LogP contribution >= 0.6 is 11.8 Å². The molecular weight excluding hydrogens is 208 g/mol. The van der Waals surface area contributed by atoms with E-state index in [0.717, 1.165) is 23.2 Å². The first-order valence-corrected chi connectivity index (χ1v) is 5.70. The lowest BCUT2D eigenvalue weighted by atomic mass is 10.2. The van der Waals surface area contributed by atoms with Crippen molar-refractivity contribution in [3.8, 4) is 5.75 Å². The quantitative estimate of drug-likeness (QED) is 0.783. The average Bonchev–Trinajstić information content (AvgIpc) is 2.80. The van der Waals surface area contributed by atoms with Crippen LogP contribution in [0.15, 0.2) is 34.3 Å². The van der Waals surface area contributed by atoms with Crippen LogP contribution in [0.25, 0.3) is 0 Å². The first kappa shape index (κ1) is 10.2. The molecule has 1 aromatic carbocycles. The van der Waals surface area contributed by atoms with Gasteiger partial charge in [0.05, 0.1) is 13.7 Å². The second kappa shape index (κ2) is 4.98. The molecule has 78 valence electrons. The second-order valence-corrected chi connectivity index (χ2v) is 4.01. The molecule has 0 bridgehead atoms. The first-order valence-electron chi connectivity index (χ1n) is 4.71. The highest BCUT2D eigenvalue weighted by Gasteiger charge is 2.02. The maximum Gasteiger partial charge on any atom is 0.183 e. The number of methoxy groups -OCH3 is 1. The third-order valence-corrected chi connectivity index (χ3v) is 3.01. The molecule has 2 rings (SSSR count). The van der Waals surface area contributed by atoms with Gasteiger partial charge in [0.2, 0.25) is 0 Å². The van der Waals surface area contributed by atoms with E-state index in [1.54, 1.807) is 18.9 Å². The molecule has 0 radical (unpaired) electrons. The van der Waals surface area contributed by atoms with Gasteiger partial charge in [0, 0.05) is 12.0 Å². The zero-order chi connectivity index (χ0) is 10.5. The fraction of sp³-hybridized carbons (Fsp3) is 0.273. The third-order valence-electron chi connectivity index (χ3n) is 2.04. The number of hydrogen-bond donors (Lipinski definition) is 0. The topological polar surface area (TPSA) is 34.0 Å². The summed E-state index contributed by atoms with van der Waals surface area (Å²) in [7, 11) is 1.67. The predicted octanol–water partition coefficient (Wildman–Crippen LogP) is 2.37. The average molecular weight is 220 g/mol. The van der Waals surface area contributed by atoms with E-state index in [-0.39, 0.29) is 0 Å². The smallest absolute Gasteiger partial charge is 0.183 e. The second-order valence-electron chi connectivity index (χ2n) is 3.07. The minimum atomic E-state index is 0.727. The summed E-state index contributed by atoms with van der Waals surface area (Å²) >= 11 is 1.66. The number of rotatable bonds is 3. The normalized spacial score (nSPS) is 14.1. The summed E-state index contributed by atoms with van der Waals surface area (Å²) < 4.78 is 5.09. The molecule has 0 amide bonds. The van der Waals surface area contributed by atoms with Gasteiger partial charge in [0.15, 0.2) is 5.17 Å². The fourth-order valence-corrected chi connectivity index (χ4v) is 2.03. The third kappa shape index (κ3) is 2.83. The van der Waals surface area contributed by atoms with Gasteiger partial charge in [-0.25, -0.2) is 4.99 Å². The van der Waals surface area contributed by atoms with Crippen LogP contribution in [-0.4, -0.2) is 25.0 Å². The number of amidine groups is 1. The maximum absolute atomic E-state index is 5.09. The van der Waals surface area contributed by atoms with E-state index < -0.39 is 0 Å². The Morgan fingerprint density at radius 2 is 2.13 bits per heavy atom. The van der Waals surface area contributed by atoms with E-state index >= 15 is 0 Å². The van der Waals surface area contributed by atoms with Gasteiger partial charge in [-0.15, -0.1) is 0 Å². The Morgan fingerprint density at radius 1 is 1.33 bits per heavy atom. The van der Waals surface area contributed by atoms with E-state index in [9.17, 15) is 0 Å². The molecule has 0 unspecified atom stereocenters. The zero-order valence-corrected chi connectivity index (χ0v) is 9.33. The highest BCUT2D eigenvalue weighted by atomic mass is 32.2. The van der Waals surface area contributed by atoms with Crippen LogP contribution in [0.5, 0.6) is 5.75 Å². The molecule has 4 heteroatoms. The van der Waals surface area contributed by atoms with Crippen LogP contribution in [0.3, 0.4) is 0 Å². The highest BCUT2D eigenvalue weighted by molar-refractivity contribution is 8.13. The molecule has 0 spiro atoms. The Kier molecular flexibility index (Phi) is 3.40. The summed E-state index contributed by atoms with van der Waals surface area (Å²) in [4.78, 5) is 8.36. The highest BCUT2D eigenvalue weighted by Crippen LogP contribution is 2.18. The van der Waals surface area contributed by atoms with Gasteiger partial charge < -0.3 is 4.74 Å². The lowest BCUT2D eigenvalue weighted by molar-refractivity contribution is 0.414. The molecule has 0 atom stereocenters. The van der Waals surface area contributed by atoms with Crippen molar-refractivity contribution in [3.05, 3.63) is 29.8 Å². The molecular formula is C11H12N2OS. The lowest BCUT2D eigenvalue weighted by Crippen LogP contribution is -1.87. The van der Waals surface area contributed by atoms with Crippen LogP contribution in [0.2, 0.25) is 0 Å². The molecule has 0 aromatic heterocycles. The van der Waals surface area contributed by atoms with Gasteiger partial charge in [-0.3, -0.25) is 4.99 Å². The van der Waals surface area contributed by atoms with Crippen LogP contribution in [-0.2, 0) is 5.75 Å². The predicted molar refractivity (Wildman–Crippen MR) is 65.1 cm³/mol. The maximum atomic E-state index is 5.09. The number of hydrogen-bond acceptors (Lipinski definition) is 4. The van der Waals surface area contributed by atoms with Crippen molar-refractivity contribution in [1.82, 2.24) is 0 Å². The van der Waals surface area contributed by atoms with E-state index in [2.05, 4.69) is 22.1 Å². The van der Waals surface area contributed by atoms with E-state index in [4.69, 9.17) is 4.74 Å². The number of aliphatic imine (C=N–C) groups is 2. The minimum absolute atomic E-state index is 0.727. The van der Waals surface area contributed by atoms with Crippen molar-refractivity contribution in [1.29, 1.82) is 0 Å². The Balaban J connectivity index is 1.90. The monoisotopic (exact) mass is 220 g/mol. The fourth-order valence-electron chi connectivity index (χ4n) is 1.23. The summed E-state index contributed by atoms with van der Waals surface area (Å²) in [5, 5.41) is 0.880. The zero-order valence-electron chi connectivity index (χ0n) is 8.51. The first-order chi connectivity index (χ1) is 7.38. The van der Waals surface area contributed by atoms with Crippen LogP contribution in [0, 0.1) is 0 Å². The van der Waals surface area contributed by atoms with Gasteiger partial charge in [0.25, 0.3) is 0 Å².